The van der Waals surface area contributed by atoms with Crippen LogP contribution in [0.15, 0.2) is 36.4 Å². The van der Waals surface area contributed by atoms with E-state index in [1.54, 1.807) is 12.0 Å². The summed E-state index contributed by atoms with van der Waals surface area (Å²) in [6.07, 6.45) is 3.20. The molecular weight excluding hydrogens is 444 g/mol. The number of aryl methyl sites for hydroxylation is 1. The average molecular weight is 483 g/mol. The van der Waals surface area contributed by atoms with Gasteiger partial charge in [0, 0.05) is 38.4 Å². The molecule has 0 bridgehead atoms. The number of hydrogen-bond donors (Lipinski definition) is 0. The molecule has 1 aliphatic heterocycles. The smallest absolute Gasteiger partial charge is 0.410 e. The Labute approximate surface area is 208 Å². The third-order valence-electron chi connectivity index (χ3n) is 6.43. The number of carbonyl (C=O) groups is 2. The van der Waals surface area contributed by atoms with Crippen molar-refractivity contribution in [2.45, 2.75) is 64.2 Å². The average Bonchev–Trinajstić information content (AvgIpc) is 3.66. The first kappa shape index (κ1) is 25.5. The standard InChI is InChI=1S/C28H38N2O5/c1-28(2,3)35-27(32)29-13-15-34-24(18-29)19-30(23-11-12-23)26(31)22-16-20-8-5-6-10-25(20)21(17-22)9-7-14-33-4/h5-6,8,10,16-17,23-24H,7,9,11-15,18-19H2,1-4H3. The van der Waals surface area contributed by atoms with Crippen molar-refractivity contribution in [3.05, 3.63) is 47.5 Å². The molecule has 35 heavy (non-hydrogen) atoms. The van der Waals surface area contributed by atoms with Crippen molar-refractivity contribution in [2.24, 2.45) is 0 Å². The summed E-state index contributed by atoms with van der Waals surface area (Å²) < 4.78 is 16.8. The van der Waals surface area contributed by atoms with E-state index in [1.165, 1.54) is 10.9 Å². The first-order valence-electron chi connectivity index (χ1n) is 12.7. The number of rotatable bonds is 8. The van der Waals surface area contributed by atoms with Gasteiger partial charge in [-0.05, 0) is 74.9 Å². The van der Waals surface area contributed by atoms with E-state index >= 15 is 0 Å². The fourth-order valence-electron chi connectivity index (χ4n) is 4.62. The van der Waals surface area contributed by atoms with Gasteiger partial charge in [0.05, 0.1) is 19.3 Å². The SMILES string of the molecule is COCCCc1cc(C(=O)N(CC2CN(C(=O)OC(C)(C)C)CCO2)C2CC2)cc2ccccc12. The van der Waals surface area contributed by atoms with E-state index in [4.69, 9.17) is 14.2 Å². The molecular formula is C28H38N2O5. The summed E-state index contributed by atoms with van der Waals surface area (Å²) in [7, 11) is 1.71. The van der Waals surface area contributed by atoms with E-state index in [0.717, 1.165) is 31.1 Å². The van der Waals surface area contributed by atoms with Gasteiger partial charge in [-0.1, -0.05) is 24.3 Å². The van der Waals surface area contributed by atoms with Crippen LogP contribution < -0.4 is 0 Å². The maximum atomic E-state index is 13.8. The number of amides is 2. The monoisotopic (exact) mass is 482 g/mol. The van der Waals surface area contributed by atoms with Gasteiger partial charge in [-0.25, -0.2) is 4.79 Å². The molecule has 1 saturated carbocycles. The Morgan fingerprint density at radius 2 is 1.94 bits per heavy atom. The summed E-state index contributed by atoms with van der Waals surface area (Å²) in [4.78, 5) is 30.0. The van der Waals surface area contributed by atoms with Crippen LogP contribution in [0.3, 0.4) is 0 Å². The van der Waals surface area contributed by atoms with Gasteiger partial charge in [-0.15, -0.1) is 0 Å². The second-order valence-corrected chi connectivity index (χ2v) is 10.6. The van der Waals surface area contributed by atoms with Crippen LogP contribution in [0.2, 0.25) is 0 Å². The van der Waals surface area contributed by atoms with Crippen molar-refractivity contribution in [1.29, 1.82) is 0 Å². The van der Waals surface area contributed by atoms with Crippen molar-refractivity contribution in [2.75, 3.05) is 40.0 Å². The number of ether oxygens (including phenoxy) is 3. The lowest BCUT2D eigenvalue weighted by molar-refractivity contribution is -0.0504. The first-order valence-corrected chi connectivity index (χ1v) is 12.7. The summed E-state index contributed by atoms with van der Waals surface area (Å²) in [6, 6.07) is 12.5. The summed E-state index contributed by atoms with van der Waals surface area (Å²) in [6.45, 7) is 8.11. The zero-order valence-corrected chi connectivity index (χ0v) is 21.4. The van der Waals surface area contributed by atoms with E-state index in [-0.39, 0.29) is 24.1 Å². The van der Waals surface area contributed by atoms with Crippen LogP contribution >= 0.6 is 0 Å². The fraction of sp³-hybridized carbons (Fsp3) is 0.571. The Balaban J connectivity index is 1.50. The largest absolute Gasteiger partial charge is 0.444 e. The van der Waals surface area contributed by atoms with Crippen LogP contribution in [0.5, 0.6) is 0 Å². The summed E-state index contributed by atoms with van der Waals surface area (Å²) in [5, 5.41) is 2.26. The number of fused-ring (bicyclic) bond motifs is 1. The lowest BCUT2D eigenvalue weighted by Crippen LogP contribution is -2.52. The second-order valence-electron chi connectivity index (χ2n) is 10.6. The predicted molar refractivity (Wildman–Crippen MR) is 136 cm³/mol. The van der Waals surface area contributed by atoms with Crippen molar-refractivity contribution in [1.82, 2.24) is 9.80 Å². The highest BCUT2D eigenvalue weighted by Crippen LogP contribution is 2.31. The Morgan fingerprint density at radius 3 is 2.66 bits per heavy atom. The highest BCUT2D eigenvalue weighted by Gasteiger charge is 2.37. The van der Waals surface area contributed by atoms with Crippen molar-refractivity contribution >= 4 is 22.8 Å². The Bertz CT molecular complexity index is 1040. The molecule has 2 fully saturated rings. The van der Waals surface area contributed by atoms with Gasteiger partial charge in [0.25, 0.3) is 5.91 Å². The first-order chi connectivity index (χ1) is 16.7. The maximum absolute atomic E-state index is 13.8. The molecule has 1 heterocycles. The molecule has 2 aliphatic rings. The van der Waals surface area contributed by atoms with Crippen LogP contribution in [-0.2, 0) is 20.6 Å². The molecule has 2 amide bonds. The Kier molecular flexibility index (Phi) is 7.97. The minimum absolute atomic E-state index is 0.0317. The van der Waals surface area contributed by atoms with Crippen molar-refractivity contribution in [3.8, 4) is 0 Å². The summed E-state index contributed by atoms with van der Waals surface area (Å²) in [5.74, 6) is 0.0317. The highest BCUT2D eigenvalue weighted by atomic mass is 16.6. The van der Waals surface area contributed by atoms with Gasteiger partial charge in [-0.3, -0.25) is 4.79 Å². The predicted octanol–water partition coefficient (Wildman–Crippen LogP) is 4.66. The Morgan fingerprint density at radius 1 is 1.17 bits per heavy atom. The Hall–Kier alpha value is -2.64. The number of carbonyl (C=O) groups excluding carboxylic acids is 2. The quantitative estimate of drug-likeness (QED) is 0.512. The number of methoxy groups -OCH3 is 1. The zero-order valence-electron chi connectivity index (χ0n) is 21.4. The lowest BCUT2D eigenvalue weighted by Gasteiger charge is -2.36. The number of nitrogens with zero attached hydrogens (tertiary/aromatic N) is 2. The molecule has 190 valence electrons. The number of hydrogen-bond acceptors (Lipinski definition) is 5. The lowest BCUT2D eigenvalue weighted by atomic mass is 9.97. The van der Waals surface area contributed by atoms with E-state index in [2.05, 4.69) is 12.1 Å². The molecule has 1 atom stereocenters. The third kappa shape index (κ3) is 6.73. The summed E-state index contributed by atoms with van der Waals surface area (Å²) in [5.41, 5.74) is 1.34. The zero-order chi connectivity index (χ0) is 25.0. The summed E-state index contributed by atoms with van der Waals surface area (Å²) >= 11 is 0. The highest BCUT2D eigenvalue weighted by molar-refractivity contribution is 6.00. The van der Waals surface area contributed by atoms with Crippen LogP contribution in [-0.4, -0.2) is 79.5 Å². The third-order valence-corrected chi connectivity index (χ3v) is 6.43. The van der Waals surface area contributed by atoms with Crippen molar-refractivity contribution < 1.29 is 23.8 Å². The van der Waals surface area contributed by atoms with Gasteiger partial charge in [0.15, 0.2) is 0 Å². The molecule has 4 rings (SSSR count). The van der Waals surface area contributed by atoms with E-state index in [0.29, 0.717) is 38.4 Å². The molecule has 0 radical (unpaired) electrons. The van der Waals surface area contributed by atoms with E-state index in [1.807, 2.05) is 49.9 Å². The van der Waals surface area contributed by atoms with Crippen LogP contribution in [0.4, 0.5) is 4.79 Å². The topological polar surface area (TPSA) is 68.3 Å². The van der Waals surface area contributed by atoms with Crippen molar-refractivity contribution in [3.63, 3.8) is 0 Å². The molecule has 7 nitrogen and oxygen atoms in total. The van der Waals surface area contributed by atoms with Crippen LogP contribution in [0.1, 0.15) is 56.0 Å². The molecule has 2 aromatic carbocycles. The van der Waals surface area contributed by atoms with E-state index < -0.39 is 5.60 Å². The molecule has 0 N–H and O–H groups in total. The molecule has 1 saturated heterocycles. The number of benzene rings is 2. The molecule has 0 spiro atoms. The fourth-order valence-corrected chi connectivity index (χ4v) is 4.62. The van der Waals surface area contributed by atoms with Crippen LogP contribution in [0.25, 0.3) is 10.8 Å². The van der Waals surface area contributed by atoms with Gasteiger partial charge in [-0.2, -0.15) is 0 Å². The van der Waals surface area contributed by atoms with E-state index in [9.17, 15) is 9.59 Å². The van der Waals surface area contributed by atoms with Gasteiger partial charge < -0.3 is 24.0 Å². The van der Waals surface area contributed by atoms with Gasteiger partial charge in [0.1, 0.15) is 5.60 Å². The van der Waals surface area contributed by atoms with Gasteiger partial charge in [0.2, 0.25) is 0 Å². The molecule has 7 heteroatoms. The molecule has 0 aromatic heterocycles. The maximum Gasteiger partial charge on any atom is 0.410 e. The second kappa shape index (κ2) is 11.0. The van der Waals surface area contributed by atoms with Crippen LogP contribution in [0, 0.1) is 0 Å². The minimum atomic E-state index is -0.544. The molecule has 1 aliphatic carbocycles. The molecule has 2 aromatic rings. The normalized spacial score (nSPS) is 18.5. The number of morpholine rings is 1. The van der Waals surface area contributed by atoms with Gasteiger partial charge >= 0.3 is 6.09 Å². The minimum Gasteiger partial charge on any atom is -0.444 e. The molecule has 1 unspecified atom stereocenters.